The summed E-state index contributed by atoms with van der Waals surface area (Å²) in [5.41, 5.74) is 2.01. The molecule has 0 saturated heterocycles. The number of fused-ring (bicyclic) bond motifs is 1. The number of anilines is 1. The maximum absolute atomic E-state index is 14.5. The monoisotopic (exact) mass is 422 g/mol. The Bertz CT molecular complexity index is 1270. The van der Waals surface area contributed by atoms with Crippen molar-refractivity contribution in [3.8, 4) is 28.6 Å². The van der Waals surface area contributed by atoms with Gasteiger partial charge in [0.25, 0.3) is 5.91 Å². The van der Waals surface area contributed by atoms with Gasteiger partial charge in [-0.2, -0.15) is 0 Å². The van der Waals surface area contributed by atoms with Crippen LogP contribution in [0.15, 0.2) is 54.7 Å². The third-order valence-electron chi connectivity index (χ3n) is 4.66. The molecule has 9 heteroatoms. The summed E-state index contributed by atoms with van der Waals surface area (Å²) >= 11 is 0. The summed E-state index contributed by atoms with van der Waals surface area (Å²) in [7, 11) is 4.43. The van der Waals surface area contributed by atoms with Crippen molar-refractivity contribution in [1.29, 1.82) is 0 Å². The van der Waals surface area contributed by atoms with Crippen LogP contribution in [0.1, 0.15) is 10.4 Å². The number of rotatable bonds is 6. The zero-order valence-corrected chi connectivity index (χ0v) is 17.0. The summed E-state index contributed by atoms with van der Waals surface area (Å²) in [6.45, 7) is 0. The maximum Gasteiger partial charge on any atom is 0.259 e. The van der Waals surface area contributed by atoms with Crippen molar-refractivity contribution in [2.24, 2.45) is 0 Å². The summed E-state index contributed by atoms with van der Waals surface area (Å²) in [5, 5.41) is 6.86. The minimum absolute atomic E-state index is 0.00923. The second kappa shape index (κ2) is 8.31. The molecule has 31 heavy (non-hydrogen) atoms. The molecule has 4 rings (SSSR count). The van der Waals surface area contributed by atoms with Gasteiger partial charge in [0.1, 0.15) is 5.82 Å². The van der Waals surface area contributed by atoms with Gasteiger partial charge in [0.2, 0.25) is 5.88 Å². The molecule has 2 aromatic carbocycles. The molecule has 0 aliphatic rings. The fourth-order valence-corrected chi connectivity index (χ4v) is 3.15. The first kappa shape index (κ1) is 20.1. The summed E-state index contributed by atoms with van der Waals surface area (Å²) < 4.78 is 31.7. The highest BCUT2D eigenvalue weighted by molar-refractivity contribution is 6.07. The smallest absolute Gasteiger partial charge is 0.259 e. The number of carbonyl (C=O) groups is 1. The van der Waals surface area contributed by atoms with E-state index < -0.39 is 11.7 Å². The van der Waals surface area contributed by atoms with Crippen LogP contribution in [0.4, 0.5) is 10.1 Å². The maximum atomic E-state index is 14.5. The molecular formula is C22H19FN4O4. The minimum atomic E-state index is -0.581. The lowest BCUT2D eigenvalue weighted by Gasteiger charge is -2.13. The van der Waals surface area contributed by atoms with Crippen LogP contribution < -0.4 is 19.5 Å². The largest absolute Gasteiger partial charge is 0.493 e. The topological polar surface area (TPSA) is 87.0 Å². The van der Waals surface area contributed by atoms with Crippen LogP contribution in [-0.4, -0.2) is 41.8 Å². The lowest BCUT2D eigenvalue weighted by molar-refractivity contribution is 0.102. The van der Waals surface area contributed by atoms with E-state index in [4.69, 9.17) is 14.2 Å². The molecule has 0 aliphatic carbocycles. The fraction of sp³-hybridized carbons (Fsp3) is 0.136. The number of amides is 1. The number of hydrogen-bond acceptors (Lipinski definition) is 6. The van der Waals surface area contributed by atoms with Crippen LogP contribution >= 0.6 is 0 Å². The molecule has 0 spiro atoms. The van der Waals surface area contributed by atoms with Gasteiger partial charge in [0, 0.05) is 11.6 Å². The number of para-hydroxylation sites is 1. The second-order valence-electron chi connectivity index (χ2n) is 6.49. The summed E-state index contributed by atoms with van der Waals surface area (Å²) in [6, 6.07) is 12.7. The van der Waals surface area contributed by atoms with Gasteiger partial charge in [0.15, 0.2) is 17.1 Å². The van der Waals surface area contributed by atoms with Crippen LogP contribution in [0, 0.1) is 5.82 Å². The molecule has 4 aromatic rings. The number of benzene rings is 2. The zero-order valence-electron chi connectivity index (χ0n) is 17.0. The molecule has 2 aromatic heterocycles. The van der Waals surface area contributed by atoms with Crippen molar-refractivity contribution in [3.05, 3.63) is 66.1 Å². The van der Waals surface area contributed by atoms with Gasteiger partial charge < -0.3 is 19.5 Å². The van der Waals surface area contributed by atoms with Crippen molar-refractivity contribution < 1.29 is 23.4 Å². The summed E-state index contributed by atoms with van der Waals surface area (Å²) in [4.78, 5) is 17.3. The number of ether oxygens (including phenoxy) is 3. The Morgan fingerprint density at radius 2 is 1.87 bits per heavy atom. The van der Waals surface area contributed by atoms with Crippen LogP contribution in [0.2, 0.25) is 0 Å². The van der Waals surface area contributed by atoms with E-state index in [2.05, 4.69) is 15.4 Å². The lowest BCUT2D eigenvalue weighted by atomic mass is 10.1. The highest BCUT2D eigenvalue weighted by Gasteiger charge is 2.18. The van der Waals surface area contributed by atoms with E-state index in [1.165, 1.54) is 33.5 Å². The van der Waals surface area contributed by atoms with Gasteiger partial charge in [-0.15, -0.1) is 5.10 Å². The van der Waals surface area contributed by atoms with E-state index >= 15 is 0 Å². The summed E-state index contributed by atoms with van der Waals surface area (Å²) in [5.74, 6) is -0.0112. The molecule has 1 N–H and O–H groups in total. The number of halogens is 1. The summed E-state index contributed by atoms with van der Waals surface area (Å²) in [6.07, 6.45) is 1.70. The number of nitrogens with one attached hydrogen (secondary N) is 1. The quantitative estimate of drug-likeness (QED) is 0.508. The first-order valence-corrected chi connectivity index (χ1v) is 9.26. The SMILES string of the molecule is COc1ccc2nc(-c3ccc(F)c(NC(=O)c4cccc(OC)c4OC)c3)cn2n1. The van der Waals surface area contributed by atoms with Crippen molar-refractivity contribution in [2.75, 3.05) is 26.6 Å². The molecule has 0 atom stereocenters. The van der Waals surface area contributed by atoms with E-state index in [9.17, 15) is 9.18 Å². The van der Waals surface area contributed by atoms with E-state index in [0.717, 1.165) is 0 Å². The Labute approximate surface area is 177 Å². The predicted octanol–water partition coefficient (Wildman–Crippen LogP) is 3.81. The van der Waals surface area contributed by atoms with Gasteiger partial charge in [0.05, 0.1) is 44.5 Å². The molecule has 0 aliphatic heterocycles. The standard InChI is InChI=1S/C22H19FN4O4/c1-29-18-6-4-5-14(21(18)31-3)22(28)25-16-11-13(7-8-15(16)23)17-12-27-19(24-17)9-10-20(26-27)30-2/h4-12H,1-3H3,(H,25,28). The predicted molar refractivity (Wildman–Crippen MR) is 112 cm³/mol. The Balaban J connectivity index is 1.67. The van der Waals surface area contributed by atoms with E-state index in [1.807, 2.05) is 0 Å². The van der Waals surface area contributed by atoms with E-state index in [-0.39, 0.29) is 17.0 Å². The molecule has 0 radical (unpaired) electrons. The molecule has 0 fully saturated rings. The number of methoxy groups -OCH3 is 3. The number of hydrogen-bond donors (Lipinski definition) is 1. The zero-order chi connectivity index (χ0) is 22.0. The number of aromatic nitrogens is 3. The third kappa shape index (κ3) is 3.85. The minimum Gasteiger partial charge on any atom is -0.493 e. The van der Waals surface area contributed by atoms with Crippen LogP contribution in [0.25, 0.3) is 16.9 Å². The average molecular weight is 422 g/mol. The van der Waals surface area contributed by atoms with Gasteiger partial charge in [-0.1, -0.05) is 6.07 Å². The molecular weight excluding hydrogens is 403 g/mol. The number of carbonyl (C=O) groups excluding carboxylic acids is 1. The highest BCUT2D eigenvalue weighted by Crippen LogP contribution is 2.32. The molecule has 0 unspecified atom stereocenters. The van der Waals surface area contributed by atoms with Crippen molar-refractivity contribution in [3.63, 3.8) is 0 Å². The lowest BCUT2D eigenvalue weighted by Crippen LogP contribution is -2.14. The number of imidazole rings is 1. The molecule has 0 saturated carbocycles. The van der Waals surface area contributed by atoms with Gasteiger partial charge in [-0.3, -0.25) is 4.79 Å². The second-order valence-corrected chi connectivity index (χ2v) is 6.49. The molecule has 8 nitrogen and oxygen atoms in total. The van der Waals surface area contributed by atoms with Gasteiger partial charge >= 0.3 is 0 Å². The van der Waals surface area contributed by atoms with E-state index in [0.29, 0.717) is 28.5 Å². The normalized spacial score (nSPS) is 10.7. The fourth-order valence-electron chi connectivity index (χ4n) is 3.15. The Hall–Kier alpha value is -4.14. The van der Waals surface area contributed by atoms with Gasteiger partial charge in [-0.25, -0.2) is 13.9 Å². The van der Waals surface area contributed by atoms with Crippen molar-refractivity contribution in [2.45, 2.75) is 0 Å². The van der Waals surface area contributed by atoms with E-state index in [1.54, 1.807) is 47.1 Å². The molecule has 1 amide bonds. The van der Waals surface area contributed by atoms with Crippen LogP contribution in [0.5, 0.6) is 17.4 Å². The Morgan fingerprint density at radius 3 is 2.61 bits per heavy atom. The highest BCUT2D eigenvalue weighted by atomic mass is 19.1. The Morgan fingerprint density at radius 1 is 1.03 bits per heavy atom. The van der Waals surface area contributed by atoms with Crippen molar-refractivity contribution in [1.82, 2.24) is 14.6 Å². The van der Waals surface area contributed by atoms with Crippen molar-refractivity contribution >= 4 is 17.2 Å². The third-order valence-corrected chi connectivity index (χ3v) is 4.66. The molecule has 0 bridgehead atoms. The first-order chi connectivity index (χ1) is 15.0. The van der Waals surface area contributed by atoms with Crippen LogP contribution in [0.3, 0.4) is 0 Å². The first-order valence-electron chi connectivity index (χ1n) is 9.26. The Kier molecular flexibility index (Phi) is 5.40. The molecule has 158 valence electrons. The van der Waals surface area contributed by atoms with Crippen LogP contribution in [-0.2, 0) is 0 Å². The number of nitrogens with zero attached hydrogens (tertiary/aromatic N) is 3. The van der Waals surface area contributed by atoms with Gasteiger partial charge in [-0.05, 0) is 36.4 Å². The average Bonchev–Trinajstić information content (AvgIpc) is 3.23. The molecule has 2 heterocycles.